The van der Waals surface area contributed by atoms with Gasteiger partial charge in [0, 0.05) is 25.0 Å². The van der Waals surface area contributed by atoms with Crippen molar-refractivity contribution >= 4 is 17.4 Å². The number of rotatable bonds is 4. The van der Waals surface area contributed by atoms with Crippen LogP contribution in [0.4, 0.5) is 11.5 Å². The summed E-state index contributed by atoms with van der Waals surface area (Å²) in [6.45, 7) is 1.22. The number of nitrogens with one attached hydrogen (secondary N) is 1. The molecule has 0 unspecified atom stereocenters. The maximum Gasteiger partial charge on any atom is 0.259 e. The van der Waals surface area contributed by atoms with Crippen LogP contribution in [-0.4, -0.2) is 34.7 Å². The second-order valence-corrected chi connectivity index (χ2v) is 6.70. The van der Waals surface area contributed by atoms with E-state index in [2.05, 4.69) is 16.4 Å². The molecule has 4 rings (SSSR count). The topological polar surface area (TPSA) is 65.5 Å². The maximum absolute atomic E-state index is 12.7. The molecule has 2 aliphatic rings. The second kappa shape index (κ2) is 5.91. The van der Waals surface area contributed by atoms with Crippen molar-refractivity contribution in [3.8, 4) is 0 Å². The van der Waals surface area contributed by atoms with Crippen LogP contribution in [0.25, 0.3) is 0 Å². The monoisotopic (exact) mass is 323 g/mol. The number of aliphatic hydroxyl groups is 1. The Kier molecular flexibility index (Phi) is 3.73. The number of carbonyl (C=O) groups is 1. The zero-order valence-corrected chi connectivity index (χ0v) is 13.5. The van der Waals surface area contributed by atoms with E-state index in [4.69, 9.17) is 0 Å². The highest BCUT2D eigenvalue weighted by molar-refractivity contribution is 6.07. The number of nitrogens with zero attached hydrogens (tertiary/aromatic N) is 2. The van der Waals surface area contributed by atoms with Crippen LogP contribution in [0.15, 0.2) is 42.6 Å². The first-order valence-corrected chi connectivity index (χ1v) is 8.47. The number of benzene rings is 1. The van der Waals surface area contributed by atoms with Crippen molar-refractivity contribution in [2.75, 3.05) is 23.3 Å². The lowest BCUT2D eigenvalue weighted by Crippen LogP contribution is -2.43. The summed E-state index contributed by atoms with van der Waals surface area (Å²) in [5.41, 5.74) is 2.21. The molecule has 1 aliphatic heterocycles. The van der Waals surface area contributed by atoms with E-state index in [9.17, 15) is 9.90 Å². The Labute approximate surface area is 141 Å². The molecule has 0 saturated heterocycles. The number of para-hydroxylation sites is 1. The molecule has 0 bridgehead atoms. The van der Waals surface area contributed by atoms with E-state index in [1.165, 1.54) is 5.56 Å². The van der Waals surface area contributed by atoms with Crippen molar-refractivity contribution in [1.29, 1.82) is 0 Å². The summed E-state index contributed by atoms with van der Waals surface area (Å²) in [7, 11) is 0. The molecule has 1 fully saturated rings. The number of carbonyl (C=O) groups excluding carboxylic acids is 1. The van der Waals surface area contributed by atoms with Crippen LogP contribution in [0.2, 0.25) is 0 Å². The minimum Gasteiger partial charge on any atom is -0.388 e. The smallest absolute Gasteiger partial charge is 0.259 e. The van der Waals surface area contributed by atoms with Gasteiger partial charge in [-0.3, -0.25) is 4.79 Å². The number of amides is 1. The quantitative estimate of drug-likeness (QED) is 0.908. The highest BCUT2D eigenvalue weighted by Crippen LogP contribution is 2.31. The first-order valence-electron chi connectivity index (χ1n) is 8.47. The number of pyridine rings is 1. The van der Waals surface area contributed by atoms with Gasteiger partial charge in [-0.2, -0.15) is 0 Å². The summed E-state index contributed by atoms with van der Waals surface area (Å²) >= 11 is 0. The van der Waals surface area contributed by atoms with Crippen LogP contribution in [0.5, 0.6) is 0 Å². The molecule has 124 valence electrons. The summed E-state index contributed by atoms with van der Waals surface area (Å²) in [5, 5.41) is 13.3. The highest BCUT2D eigenvalue weighted by atomic mass is 16.3. The Balaban J connectivity index is 1.44. The summed E-state index contributed by atoms with van der Waals surface area (Å²) in [4.78, 5) is 18.9. The molecule has 1 aliphatic carbocycles. The van der Waals surface area contributed by atoms with Crippen LogP contribution < -0.4 is 10.2 Å². The average molecular weight is 323 g/mol. The molecule has 0 atom stereocenters. The molecule has 5 nitrogen and oxygen atoms in total. The van der Waals surface area contributed by atoms with Crippen molar-refractivity contribution in [1.82, 2.24) is 4.98 Å². The summed E-state index contributed by atoms with van der Waals surface area (Å²) < 4.78 is 0. The molecule has 5 heteroatoms. The van der Waals surface area contributed by atoms with E-state index in [0.717, 1.165) is 31.4 Å². The molecule has 1 amide bonds. The van der Waals surface area contributed by atoms with Crippen molar-refractivity contribution in [2.24, 2.45) is 0 Å². The molecule has 0 spiro atoms. The molecule has 2 heterocycles. The van der Waals surface area contributed by atoms with Gasteiger partial charge in [0.25, 0.3) is 5.91 Å². The predicted molar refractivity (Wildman–Crippen MR) is 93.4 cm³/mol. The van der Waals surface area contributed by atoms with E-state index < -0.39 is 5.60 Å². The SMILES string of the molecule is O=C(c1ccc(NCC2(O)CCC2)nc1)N1CCc2ccccc21. The number of hydrogen-bond acceptors (Lipinski definition) is 4. The normalized spacial score (nSPS) is 18.0. The average Bonchev–Trinajstić information content (AvgIpc) is 3.02. The first-order chi connectivity index (χ1) is 11.6. The Bertz CT molecular complexity index is 753. The standard InChI is InChI=1S/C19H21N3O2/c23-18(22-11-8-14-4-1-2-5-16(14)22)15-6-7-17(20-12-15)21-13-19(24)9-3-10-19/h1-2,4-7,12,24H,3,8-11,13H2,(H,20,21). The summed E-state index contributed by atoms with van der Waals surface area (Å²) in [6, 6.07) is 11.6. The molecule has 1 saturated carbocycles. The van der Waals surface area contributed by atoms with E-state index >= 15 is 0 Å². The number of anilines is 2. The summed E-state index contributed by atoms with van der Waals surface area (Å²) in [5.74, 6) is 0.672. The fraction of sp³-hybridized carbons (Fsp3) is 0.368. The van der Waals surface area contributed by atoms with Crippen LogP contribution in [0, 0.1) is 0 Å². The fourth-order valence-corrected chi connectivity index (χ4v) is 3.35. The van der Waals surface area contributed by atoms with E-state index in [0.29, 0.717) is 24.5 Å². The molecular formula is C19H21N3O2. The van der Waals surface area contributed by atoms with Crippen molar-refractivity contribution in [3.05, 3.63) is 53.7 Å². The van der Waals surface area contributed by atoms with Gasteiger partial charge in [-0.1, -0.05) is 18.2 Å². The van der Waals surface area contributed by atoms with Crippen molar-refractivity contribution < 1.29 is 9.90 Å². The molecule has 0 radical (unpaired) electrons. The molecule has 1 aromatic carbocycles. The van der Waals surface area contributed by atoms with Gasteiger partial charge < -0.3 is 15.3 Å². The third-order valence-corrected chi connectivity index (χ3v) is 5.03. The number of hydrogen-bond donors (Lipinski definition) is 2. The Morgan fingerprint density at radius 1 is 1.25 bits per heavy atom. The lowest BCUT2D eigenvalue weighted by molar-refractivity contribution is -0.0202. The Hall–Kier alpha value is -2.40. The van der Waals surface area contributed by atoms with Crippen molar-refractivity contribution in [2.45, 2.75) is 31.3 Å². The van der Waals surface area contributed by atoms with Crippen LogP contribution >= 0.6 is 0 Å². The van der Waals surface area contributed by atoms with Gasteiger partial charge in [-0.25, -0.2) is 4.98 Å². The zero-order chi connectivity index (χ0) is 16.6. The van der Waals surface area contributed by atoms with E-state index in [-0.39, 0.29) is 5.91 Å². The third-order valence-electron chi connectivity index (χ3n) is 5.03. The van der Waals surface area contributed by atoms with Gasteiger partial charge in [0.05, 0.1) is 11.2 Å². The fourth-order valence-electron chi connectivity index (χ4n) is 3.35. The van der Waals surface area contributed by atoms with Crippen LogP contribution in [0.3, 0.4) is 0 Å². The summed E-state index contributed by atoms with van der Waals surface area (Å²) in [6.07, 6.45) is 5.26. The Morgan fingerprint density at radius 2 is 2.08 bits per heavy atom. The maximum atomic E-state index is 12.7. The molecule has 2 N–H and O–H groups in total. The molecule has 24 heavy (non-hydrogen) atoms. The van der Waals surface area contributed by atoms with E-state index in [1.54, 1.807) is 18.3 Å². The third kappa shape index (κ3) is 2.76. The van der Waals surface area contributed by atoms with Gasteiger partial charge >= 0.3 is 0 Å². The number of aromatic nitrogens is 1. The molecular weight excluding hydrogens is 302 g/mol. The van der Waals surface area contributed by atoms with Crippen LogP contribution in [0.1, 0.15) is 35.2 Å². The largest absolute Gasteiger partial charge is 0.388 e. The lowest BCUT2D eigenvalue weighted by Gasteiger charge is -2.36. The minimum absolute atomic E-state index is 0.0170. The highest BCUT2D eigenvalue weighted by Gasteiger charge is 2.34. The number of fused-ring (bicyclic) bond motifs is 1. The first kappa shape index (κ1) is 15.1. The van der Waals surface area contributed by atoms with Crippen molar-refractivity contribution in [3.63, 3.8) is 0 Å². The second-order valence-electron chi connectivity index (χ2n) is 6.70. The minimum atomic E-state index is -0.588. The van der Waals surface area contributed by atoms with Gasteiger partial charge in [0.2, 0.25) is 0 Å². The van der Waals surface area contributed by atoms with Gasteiger partial charge in [-0.15, -0.1) is 0 Å². The zero-order valence-electron chi connectivity index (χ0n) is 13.5. The van der Waals surface area contributed by atoms with E-state index in [1.807, 2.05) is 23.1 Å². The van der Waals surface area contributed by atoms with Gasteiger partial charge in [0.1, 0.15) is 5.82 Å². The molecule has 2 aromatic rings. The lowest BCUT2D eigenvalue weighted by atomic mass is 9.80. The molecule has 1 aromatic heterocycles. The van der Waals surface area contributed by atoms with Gasteiger partial charge in [-0.05, 0) is 49.4 Å². The van der Waals surface area contributed by atoms with Gasteiger partial charge in [0.15, 0.2) is 0 Å². The predicted octanol–water partition coefficient (Wildman–Crippen LogP) is 2.61. The van der Waals surface area contributed by atoms with Crippen LogP contribution in [-0.2, 0) is 6.42 Å². The Morgan fingerprint density at radius 3 is 2.79 bits per heavy atom.